The van der Waals surface area contributed by atoms with Crippen molar-refractivity contribution in [2.24, 2.45) is 5.92 Å². The number of halogens is 2. The third-order valence-electron chi connectivity index (χ3n) is 6.35. The number of anilines is 1. The van der Waals surface area contributed by atoms with Gasteiger partial charge in [0.15, 0.2) is 11.6 Å². The van der Waals surface area contributed by atoms with Gasteiger partial charge >= 0.3 is 7.12 Å². The van der Waals surface area contributed by atoms with Gasteiger partial charge in [-0.2, -0.15) is 0 Å². The molecule has 1 amide bonds. The first kappa shape index (κ1) is 19.1. The molecule has 0 bridgehead atoms. The Hall–Kier alpha value is -2.25. The highest BCUT2D eigenvalue weighted by molar-refractivity contribution is 6.58. The molecule has 1 aliphatic heterocycles. The first-order valence-corrected chi connectivity index (χ1v) is 9.62. The van der Waals surface area contributed by atoms with Crippen LogP contribution in [0.1, 0.15) is 43.2 Å². The van der Waals surface area contributed by atoms with E-state index in [4.69, 9.17) is 0 Å². The van der Waals surface area contributed by atoms with E-state index in [1.54, 1.807) is 24.3 Å². The van der Waals surface area contributed by atoms with Crippen LogP contribution >= 0.6 is 0 Å². The van der Waals surface area contributed by atoms with E-state index in [0.29, 0.717) is 16.6 Å². The number of rotatable bonds is 3. The van der Waals surface area contributed by atoms with Gasteiger partial charge in [-0.25, -0.2) is 8.78 Å². The third kappa shape index (κ3) is 2.60. The lowest BCUT2D eigenvalue weighted by atomic mass is 9.61. The van der Waals surface area contributed by atoms with E-state index in [-0.39, 0.29) is 17.5 Å². The van der Waals surface area contributed by atoms with Gasteiger partial charge in [0.05, 0.1) is 5.69 Å². The van der Waals surface area contributed by atoms with Crippen molar-refractivity contribution in [2.75, 3.05) is 11.9 Å². The molecule has 7 heteroatoms. The Kier molecular flexibility index (Phi) is 4.75. The Morgan fingerprint density at radius 1 is 1.04 bits per heavy atom. The molecule has 0 radical (unpaired) electrons. The second kappa shape index (κ2) is 6.97. The predicted octanol–water partition coefficient (Wildman–Crippen LogP) is 2.49. The first-order valence-electron chi connectivity index (χ1n) is 9.62. The lowest BCUT2D eigenvalue weighted by molar-refractivity contribution is -0.123. The highest BCUT2D eigenvalue weighted by Gasteiger charge is 2.56. The number of hydrogen-bond acceptors (Lipinski definition) is 3. The largest absolute Gasteiger partial charge is 0.488 e. The monoisotopic (exact) mass is 385 g/mol. The molecule has 1 saturated carbocycles. The van der Waals surface area contributed by atoms with Crippen molar-refractivity contribution in [1.29, 1.82) is 0 Å². The van der Waals surface area contributed by atoms with E-state index >= 15 is 0 Å². The molecule has 2 aromatic carbocycles. The number of nitrogens with zero attached hydrogens (tertiary/aromatic N) is 1. The van der Waals surface area contributed by atoms with Crippen LogP contribution in [0.2, 0.25) is 0 Å². The van der Waals surface area contributed by atoms with Crippen LogP contribution in [0.15, 0.2) is 36.4 Å². The average Bonchev–Trinajstić information content (AvgIpc) is 2.94. The highest BCUT2D eigenvalue weighted by atomic mass is 19.2. The van der Waals surface area contributed by atoms with E-state index < -0.39 is 24.2 Å². The summed E-state index contributed by atoms with van der Waals surface area (Å²) < 4.78 is 28.6. The summed E-state index contributed by atoms with van der Waals surface area (Å²) in [5.74, 6) is -2.28. The zero-order valence-corrected chi connectivity index (χ0v) is 15.7. The van der Waals surface area contributed by atoms with E-state index in [1.165, 1.54) is 18.0 Å². The second-order valence-corrected chi connectivity index (χ2v) is 7.76. The summed E-state index contributed by atoms with van der Waals surface area (Å²) in [6.07, 6.45) is 4.70. The van der Waals surface area contributed by atoms with Gasteiger partial charge in [0, 0.05) is 7.05 Å². The molecule has 28 heavy (non-hydrogen) atoms. The van der Waals surface area contributed by atoms with Gasteiger partial charge in [-0.1, -0.05) is 49.6 Å². The van der Waals surface area contributed by atoms with Crippen molar-refractivity contribution in [3.8, 4) is 0 Å². The van der Waals surface area contributed by atoms with E-state index in [1.807, 2.05) is 0 Å². The minimum atomic E-state index is -1.61. The molecule has 0 unspecified atom stereocenters. The van der Waals surface area contributed by atoms with Crippen LogP contribution in [-0.2, 0) is 10.2 Å². The molecule has 0 spiro atoms. The normalized spacial score (nSPS) is 22.5. The van der Waals surface area contributed by atoms with Crippen molar-refractivity contribution < 1.29 is 23.6 Å². The predicted molar refractivity (Wildman–Crippen MR) is 103 cm³/mol. The van der Waals surface area contributed by atoms with Crippen molar-refractivity contribution in [3.63, 3.8) is 0 Å². The second-order valence-electron chi connectivity index (χ2n) is 7.76. The number of benzene rings is 2. The summed E-state index contributed by atoms with van der Waals surface area (Å²) in [5, 5.41) is 18.8. The Balaban J connectivity index is 1.97. The maximum Gasteiger partial charge on any atom is 0.488 e. The average molecular weight is 385 g/mol. The van der Waals surface area contributed by atoms with Gasteiger partial charge in [-0.15, -0.1) is 0 Å². The van der Waals surface area contributed by atoms with Crippen molar-refractivity contribution >= 4 is 24.2 Å². The van der Waals surface area contributed by atoms with E-state index in [2.05, 4.69) is 0 Å². The molecule has 4 rings (SSSR count). The molecule has 1 atom stereocenters. The fourth-order valence-electron chi connectivity index (χ4n) is 5.03. The van der Waals surface area contributed by atoms with Crippen LogP contribution in [0.4, 0.5) is 14.5 Å². The quantitative estimate of drug-likeness (QED) is 0.799. The standard InChI is InChI=1S/C21H22BF2NO3/c1-25-19-16(11-12-17(23)18(19)24)21(20(25)26,13-5-3-2-4-6-13)14-7-9-15(10-8-14)22(27)28/h7-13,27-28H,2-6H2,1H3/t21-/m0/s1. The lowest BCUT2D eigenvalue weighted by Crippen LogP contribution is -2.46. The Bertz CT molecular complexity index is 913. The summed E-state index contributed by atoms with van der Waals surface area (Å²) in [6, 6.07) is 9.14. The van der Waals surface area contributed by atoms with Crippen LogP contribution in [0.25, 0.3) is 0 Å². The zero-order chi connectivity index (χ0) is 20.1. The van der Waals surface area contributed by atoms with Crippen LogP contribution < -0.4 is 10.4 Å². The van der Waals surface area contributed by atoms with Crippen LogP contribution in [0.5, 0.6) is 0 Å². The Morgan fingerprint density at radius 2 is 1.68 bits per heavy atom. The minimum absolute atomic E-state index is 0.00171. The fraction of sp³-hybridized carbons (Fsp3) is 0.381. The summed E-state index contributed by atoms with van der Waals surface area (Å²) in [7, 11) is -0.124. The van der Waals surface area contributed by atoms with E-state index in [9.17, 15) is 23.6 Å². The van der Waals surface area contributed by atoms with Crippen LogP contribution in [-0.4, -0.2) is 30.1 Å². The van der Waals surface area contributed by atoms with Gasteiger partial charge in [-0.05, 0) is 41.4 Å². The zero-order valence-electron chi connectivity index (χ0n) is 15.7. The summed E-state index contributed by atoms with van der Waals surface area (Å²) >= 11 is 0. The molecule has 4 nitrogen and oxygen atoms in total. The molecule has 2 aromatic rings. The molecular weight excluding hydrogens is 363 g/mol. The Morgan fingerprint density at radius 3 is 2.29 bits per heavy atom. The van der Waals surface area contributed by atoms with Gasteiger partial charge in [0.1, 0.15) is 5.41 Å². The maximum absolute atomic E-state index is 14.7. The molecule has 1 heterocycles. The van der Waals surface area contributed by atoms with Crippen LogP contribution in [0, 0.1) is 17.6 Å². The van der Waals surface area contributed by atoms with Crippen molar-refractivity contribution in [3.05, 3.63) is 59.2 Å². The first-order chi connectivity index (χ1) is 13.4. The molecule has 1 fully saturated rings. The minimum Gasteiger partial charge on any atom is -0.423 e. The van der Waals surface area contributed by atoms with Gasteiger partial charge in [-0.3, -0.25) is 4.79 Å². The molecule has 0 aromatic heterocycles. The SMILES string of the molecule is CN1C(=O)[C@](c2ccc(B(O)O)cc2)(C2CCCCC2)c2ccc(F)c(F)c21. The van der Waals surface area contributed by atoms with Gasteiger partial charge in [0.25, 0.3) is 0 Å². The van der Waals surface area contributed by atoms with Crippen LogP contribution in [0.3, 0.4) is 0 Å². The number of likely N-dealkylation sites (N-methyl/N-ethyl adjacent to an activating group) is 1. The topological polar surface area (TPSA) is 60.8 Å². The van der Waals surface area contributed by atoms with Crippen molar-refractivity contribution in [2.45, 2.75) is 37.5 Å². The number of fused-ring (bicyclic) bond motifs is 1. The summed E-state index contributed by atoms with van der Waals surface area (Å²) in [4.78, 5) is 14.8. The molecule has 1 aliphatic carbocycles. The number of carbonyl (C=O) groups excluding carboxylic acids is 1. The smallest absolute Gasteiger partial charge is 0.423 e. The maximum atomic E-state index is 14.7. The molecule has 2 aliphatic rings. The van der Waals surface area contributed by atoms with Gasteiger partial charge < -0.3 is 14.9 Å². The molecule has 0 saturated heterocycles. The third-order valence-corrected chi connectivity index (χ3v) is 6.35. The van der Waals surface area contributed by atoms with Crippen molar-refractivity contribution in [1.82, 2.24) is 0 Å². The summed E-state index contributed by atoms with van der Waals surface area (Å²) in [6.45, 7) is 0. The fourth-order valence-corrected chi connectivity index (χ4v) is 5.03. The summed E-state index contributed by atoms with van der Waals surface area (Å²) in [5.41, 5.74) is 0.375. The highest BCUT2D eigenvalue weighted by Crippen LogP contribution is 2.54. The molecular formula is C21H22BF2NO3. The number of hydrogen-bond donors (Lipinski definition) is 2. The number of amides is 1. The molecule has 146 valence electrons. The lowest BCUT2D eigenvalue weighted by Gasteiger charge is -2.39. The van der Waals surface area contributed by atoms with E-state index in [0.717, 1.165) is 38.2 Å². The molecule has 2 N–H and O–H groups in total. The number of carbonyl (C=O) groups is 1. The Labute approximate surface area is 162 Å². The van der Waals surface area contributed by atoms with Gasteiger partial charge in [0.2, 0.25) is 5.91 Å².